The number of anilines is 1. The number of ether oxygens (including phenoxy) is 1. The van der Waals surface area contributed by atoms with Gasteiger partial charge in [0.25, 0.3) is 5.91 Å². The lowest BCUT2D eigenvalue weighted by molar-refractivity contribution is 0.102. The molecule has 0 bridgehead atoms. The van der Waals surface area contributed by atoms with Crippen LogP contribution in [0.25, 0.3) is 11.3 Å². The van der Waals surface area contributed by atoms with E-state index in [1.165, 1.54) is 19.3 Å². The van der Waals surface area contributed by atoms with Gasteiger partial charge in [0.15, 0.2) is 0 Å². The maximum absolute atomic E-state index is 13.5. The van der Waals surface area contributed by atoms with Crippen LogP contribution in [0.15, 0.2) is 48.7 Å². The molecule has 1 N–H and O–H groups in total. The number of amides is 1. The van der Waals surface area contributed by atoms with Gasteiger partial charge in [-0.05, 0) is 62.3 Å². The van der Waals surface area contributed by atoms with E-state index in [-0.39, 0.29) is 5.56 Å². The molecule has 0 saturated carbocycles. The highest BCUT2D eigenvalue weighted by Gasteiger charge is 2.15. The number of carbonyl (C=O) groups excluding carboxylic acids is 1. The number of nitrogens with zero attached hydrogens (tertiary/aromatic N) is 3. The van der Waals surface area contributed by atoms with Gasteiger partial charge in [0.2, 0.25) is 0 Å². The van der Waals surface area contributed by atoms with E-state index in [0.29, 0.717) is 18.0 Å². The van der Waals surface area contributed by atoms with Crippen molar-refractivity contribution >= 4 is 11.6 Å². The van der Waals surface area contributed by atoms with E-state index in [9.17, 15) is 13.6 Å². The number of benzene rings is 2. The Bertz CT molecular complexity index is 1070. The van der Waals surface area contributed by atoms with Crippen LogP contribution in [0.1, 0.15) is 29.6 Å². The SMILES string of the molecule is Cn1nccc1-c1cc(NC(=O)c2cc(F)cc(F)c2)ccc1OCCN1CCCCC1. The van der Waals surface area contributed by atoms with E-state index >= 15 is 0 Å². The van der Waals surface area contributed by atoms with Gasteiger partial charge < -0.3 is 10.1 Å². The highest BCUT2D eigenvalue weighted by atomic mass is 19.1. The molecule has 168 valence electrons. The summed E-state index contributed by atoms with van der Waals surface area (Å²) in [6, 6.07) is 9.87. The molecule has 8 heteroatoms. The van der Waals surface area contributed by atoms with Crippen molar-refractivity contribution in [2.75, 3.05) is 31.6 Å². The molecular weight excluding hydrogens is 414 g/mol. The van der Waals surface area contributed by atoms with Crippen LogP contribution in [0.5, 0.6) is 5.75 Å². The third-order valence-corrected chi connectivity index (χ3v) is 5.57. The van der Waals surface area contributed by atoms with Crippen molar-refractivity contribution in [3.63, 3.8) is 0 Å². The van der Waals surface area contributed by atoms with E-state index in [1.807, 2.05) is 13.1 Å². The van der Waals surface area contributed by atoms with Crippen LogP contribution in [0, 0.1) is 11.6 Å². The number of likely N-dealkylation sites (tertiary alicyclic amines) is 1. The van der Waals surface area contributed by atoms with Crippen LogP contribution in [0.3, 0.4) is 0 Å². The molecule has 1 aliphatic heterocycles. The predicted molar refractivity (Wildman–Crippen MR) is 119 cm³/mol. The number of piperidine rings is 1. The van der Waals surface area contributed by atoms with Crippen LogP contribution in [0.4, 0.5) is 14.5 Å². The summed E-state index contributed by atoms with van der Waals surface area (Å²) in [6.45, 7) is 3.61. The molecule has 32 heavy (non-hydrogen) atoms. The second-order valence-corrected chi connectivity index (χ2v) is 7.91. The van der Waals surface area contributed by atoms with Gasteiger partial charge in [0.05, 0.1) is 5.69 Å². The second-order valence-electron chi connectivity index (χ2n) is 7.91. The van der Waals surface area contributed by atoms with E-state index in [2.05, 4.69) is 15.3 Å². The summed E-state index contributed by atoms with van der Waals surface area (Å²) in [7, 11) is 1.83. The molecule has 0 radical (unpaired) electrons. The first kappa shape index (κ1) is 22.0. The molecular formula is C24H26F2N4O2. The molecule has 1 aliphatic rings. The largest absolute Gasteiger partial charge is 0.492 e. The molecule has 1 saturated heterocycles. The molecule has 2 aromatic carbocycles. The van der Waals surface area contributed by atoms with Crippen LogP contribution in [-0.2, 0) is 7.05 Å². The van der Waals surface area contributed by atoms with Gasteiger partial charge in [-0.25, -0.2) is 8.78 Å². The summed E-state index contributed by atoms with van der Waals surface area (Å²) < 4.78 is 34.8. The first-order valence-electron chi connectivity index (χ1n) is 10.7. The molecule has 0 aliphatic carbocycles. The molecule has 2 heterocycles. The Morgan fingerprint density at radius 3 is 2.50 bits per heavy atom. The number of hydrogen-bond donors (Lipinski definition) is 1. The third kappa shape index (κ3) is 5.31. The van der Waals surface area contributed by atoms with Crippen LogP contribution >= 0.6 is 0 Å². The monoisotopic (exact) mass is 440 g/mol. The topological polar surface area (TPSA) is 59.4 Å². The molecule has 3 aromatic rings. The quantitative estimate of drug-likeness (QED) is 0.589. The van der Waals surface area contributed by atoms with Crippen LogP contribution < -0.4 is 10.1 Å². The maximum atomic E-state index is 13.5. The van der Waals surface area contributed by atoms with Crippen molar-refractivity contribution in [1.82, 2.24) is 14.7 Å². The van der Waals surface area contributed by atoms with Crippen LogP contribution in [-0.4, -0.2) is 46.8 Å². The number of rotatable bonds is 7. The Morgan fingerprint density at radius 2 is 1.81 bits per heavy atom. The second kappa shape index (κ2) is 9.91. The summed E-state index contributed by atoms with van der Waals surface area (Å²) >= 11 is 0. The minimum atomic E-state index is -0.803. The zero-order valence-corrected chi connectivity index (χ0v) is 18.0. The van der Waals surface area contributed by atoms with Gasteiger partial charge >= 0.3 is 0 Å². The maximum Gasteiger partial charge on any atom is 0.255 e. The van der Waals surface area contributed by atoms with Gasteiger partial charge in [0.1, 0.15) is 24.0 Å². The van der Waals surface area contributed by atoms with E-state index < -0.39 is 17.5 Å². The lowest BCUT2D eigenvalue weighted by Crippen LogP contribution is -2.33. The molecule has 6 nitrogen and oxygen atoms in total. The normalized spacial score (nSPS) is 14.3. The fourth-order valence-corrected chi connectivity index (χ4v) is 3.93. The van der Waals surface area contributed by atoms with Gasteiger partial charge in [-0.15, -0.1) is 0 Å². The van der Waals surface area contributed by atoms with Gasteiger partial charge in [-0.3, -0.25) is 14.4 Å². The Morgan fingerprint density at radius 1 is 1.06 bits per heavy atom. The smallest absolute Gasteiger partial charge is 0.255 e. The lowest BCUT2D eigenvalue weighted by atomic mass is 10.1. The number of hydrogen-bond acceptors (Lipinski definition) is 4. The minimum Gasteiger partial charge on any atom is -0.492 e. The van der Waals surface area contributed by atoms with Crippen molar-refractivity contribution in [3.8, 4) is 17.0 Å². The summed E-state index contributed by atoms with van der Waals surface area (Å²) in [4.78, 5) is 14.9. The zero-order valence-electron chi connectivity index (χ0n) is 18.0. The average molecular weight is 440 g/mol. The molecule has 0 spiro atoms. The molecule has 1 aromatic heterocycles. The van der Waals surface area contributed by atoms with E-state index in [1.54, 1.807) is 29.1 Å². The number of aryl methyl sites for hydroxylation is 1. The number of nitrogens with one attached hydrogen (secondary N) is 1. The highest BCUT2D eigenvalue weighted by Crippen LogP contribution is 2.32. The first-order chi connectivity index (χ1) is 15.5. The summed E-state index contributed by atoms with van der Waals surface area (Å²) in [5.74, 6) is -1.52. The third-order valence-electron chi connectivity index (χ3n) is 5.57. The molecule has 0 atom stereocenters. The Kier molecular flexibility index (Phi) is 6.80. The predicted octanol–water partition coefficient (Wildman–Crippen LogP) is 4.48. The van der Waals surface area contributed by atoms with Gasteiger partial charge in [-0.2, -0.15) is 5.10 Å². The van der Waals surface area contributed by atoms with Crippen molar-refractivity contribution in [2.24, 2.45) is 7.05 Å². The Labute approximate surface area is 185 Å². The Hall–Kier alpha value is -3.26. The summed E-state index contributed by atoms with van der Waals surface area (Å²) in [6.07, 6.45) is 5.43. The fourth-order valence-electron chi connectivity index (χ4n) is 3.93. The van der Waals surface area contributed by atoms with Crippen LogP contribution in [0.2, 0.25) is 0 Å². The number of aromatic nitrogens is 2. The highest BCUT2D eigenvalue weighted by molar-refractivity contribution is 6.04. The summed E-state index contributed by atoms with van der Waals surface area (Å²) in [5.41, 5.74) is 1.99. The lowest BCUT2D eigenvalue weighted by Gasteiger charge is -2.26. The van der Waals surface area contributed by atoms with Gasteiger partial charge in [-0.1, -0.05) is 6.42 Å². The van der Waals surface area contributed by atoms with Crippen molar-refractivity contribution in [2.45, 2.75) is 19.3 Å². The first-order valence-corrected chi connectivity index (χ1v) is 10.7. The summed E-state index contributed by atoms with van der Waals surface area (Å²) in [5, 5.41) is 6.93. The molecule has 1 fully saturated rings. The Balaban J connectivity index is 1.52. The fraction of sp³-hybridized carbons (Fsp3) is 0.333. The molecule has 4 rings (SSSR count). The zero-order chi connectivity index (χ0) is 22.5. The standard InChI is InChI=1S/C24H26F2N4O2/c1-29-22(7-8-27-29)21-16-20(28-24(31)17-13-18(25)15-19(26)14-17)5-6-23(21)32-12-11-30-9-3-2-4-10-30/h5-8,13-16H,2-4,9-12H2,1H3,(H,28,31). The van der Waals surface area contributed by atoms with Crippen molar-refractivity contribution < 1.29 is 18.3 Å². The van der Waals surface area contributed by atoms with E-state index in [0.717, 1.165) is 49.1 Å². The molecule has 1 amide bonds. The number of halogens is 2. The van der Waals surface area contributed by atoms with E-state index in [4.69, 9.17) is 4.74 Å². The average Bonchev–Trinajstić information content (AvgIpc) is 3.20. The number of carbonyl (C=O) groups is 1. The molecule has 0 unspecified atom stereocenters. The van der Waals surface area contributed by atoms with Gasteiger partial charge in [0, 0.05) is 42.7 Å². The van der Waals surface area contributed by atoms with Crippen molar-refractivity contribution in [3.05, 3.63) is 65.9 Å². The minimum absolute atomic E-state index is 0.0913. The van der Waals surface area contributed by atoms with Crippen molar-refractivity contribution in [1.29, 1.82) is 0 Å².